The number of aromatic nitrogens is 2. The molecule has 0 aromatic carbocycles. The highest BCUT2D eigenvalue weighted by atomic mass is 16.5. The fourth-order valence-electron chi connectivity index (χ4n) is 1.36. The lowest BCUT2D eigenvalue weighted by Gasteiger charge is -2.07. The first-order valence-corrected chi connectivity index (χ1v) is 5.72. The van der Waals surface area contributed by atoms with Gasteiger partial charge in [0.15, 0.2) is 0 Å². The van der Waals surface area contributed by atoms with Crippen LogP contribution in [-0.2, 0) is 20.9 Å². The van der Waals surface area contributed by atoms with Crippen LogP contribution in [0.2, 0.25) is 0 Å². The zero-order chi connectivity index (χ0) is 14.3. The Labute approximate surface area is 109 Å². The van der Waals surface area contributed by atoms with Crippen molar-refractivity contribution in [2.45, 2.75) is 19.9 Å². The van der Waals surface area contributed by atoms with Gasteiger partial charge in [-0.1, -0.05) is 0 Å². The smallest absolute Gasteiger partial charge is 0.325 e. The minimum absolute atomic E-state index is 0.0878. The SMILES string of the molecule is CCOC(=O)CNC(=O)c1ccnn1CCC(=O)O. The number of rotatable bonds is 7. The van der Waals surface area contributed by atoms with Crippen LogP contribution in [0.5, 0.6) is 0 Å². The molecule has 0 radical (unpaired) electrons. The van der Waals surface area contributed by atoms with Crippen molar-refractivity contribution in [2.75, 3.05) is 13.2 Å². The molecule has 8 heteroatoms. The minimum atomic E-state index is -0.978. The summed E-state index contributed by atoms with van der Waals surface area (Å²) >= 11 is 0. The third-order valence-electron chi connectivity index (χ3n) is 2.19. The van der Waals surface area contributed by atoms with Crippen LogP contribution in [0.1, 0.15) is 23.8 Å². The number of carbonyl (C=O) groups excluding carboxylic acids is 2. The average molecular weight is 269 g/mol. The molecule has 0 spiro atoms. The van der Waals surface area contributed by atoms with Crippen LogP contribution >= 0.6 is 0 Å². The molecule has 2 N–H and O–H groups in total. The zero-order valence-electron chi connectivity index (χ0n) is 10.5. The van der Waals surface area contributed by atoms with Crippen molar-refractivity contribution in [2.24, 2.45) is 0 Å². The molecule has 0 atom stereocenters. The summed E-state index contributed by atoms with van der Waals surface area (Å²) in [6.07, 6.45) is 1.25. The van der Waals surface area contributed by atoms with E-state index < -0.39 is 17.8 Å². The number of aryl methyl sites for hydroxylation is 1. The molecule has 19 heavy (non-hydrogen) atoms. The predicted molar refractivity (Wildman–Crippen MR) is 63.4 cm³/mol. The third-order valence-corrected chi connectivity index (χ3v) is 2.19. The van der Waals surface area contributed by atoms with Crippen molar-refractivity contribution >= 4 is 17.8 Å². The number of esters is 1. The van der Waals surface area contributed by atoms with Gasteiger partial charge in [0.2, 0.25) is 0 Å². The van der Waals surface area contributed by atoms with E-state index in [9.17, 15) is 14.4 Å². The van der Waals surface area contributed by atoms with Gasteiger partial charge in [0.1, 0.15) is 12.2 Å². The second-order valence-corrected chi connectivity index (χ2v) is 3.57. The monoisotopic (exact) mass is 269 g/mol. The first kappa shape index (κ1) is 14.7. The lowest BCUT2D eigenvalue weighted by molar-refractivity contribution is -0.142. The standard InChI is InChI=1S/C11H15N3O5/c1-2-19-10(17)7-12-11(18)8-3-5-13-14(8)6-4-9(15)16/h3,5H,2,4,6-7H2,1H3,(H,12,18)(H,15,16). The van der Waals surface area contributed by atoms with E-state index in [-0.39, 0.29) is 31.8 Å². The highest BCUT2D eigenvalue weighted by molar-refractivity contribution is 5.94. The molecule has 0 aliphatic rings. The number of aliphatic carboxylic acids is 1. The van der Waals surface area contributed by atoms with E-state index in [1.54, 1.807) is 6.92 Å². The molecule has 0 fully saturated rings. The van der Waals surface area contributed by atoms with Gasteiger partial charge in [0.05, 0.1) is 19.6 Å². The van der Waals surface area contributed by atoms with Crippen LogP contribution in [0, 0.1) is 0 Å². The molecule has 0 aliphatic heterocycles. The normalized spacial score (nSPS) is 9.95. The molecule has 0 saturated heterocycles. The molecule has 1 heterocycles. The van der Waals surface area contributed by atoms with Crippen molar-refractivity contribution in [3.63, 3.8) is 0 Å². The number of hydrogen-bond donors (Lipinski definition) is 2. The maximum atomic E-state index is 11.8. The van der Waals surface area contributed by atoms with Gasteiger partial charge in [-0.15, -0.1) is 0 Å². The first-order valence-electron chi connectivity index (χ1n) is 5.72. The Hall–Kier alpha value is -2.38. The van der Waals surface area contributed by atoms with Gasteiger partial charge in [0.25, 0.3) is 5.91 Å². The van der Waals surface area contributed by atoms with Crippen molar-refractivity contribution in [1.82, 2.24) is 15.1 Å². The number of hydrogen-bond acceptors (Lipinski definition) is 5. The summed E-state index contributed by atoms with van der Waals surface area (Å²) in [5.41, 5.74) is 0.200. The molecule has 1 rings (SSSR count). The largest absolute Gasteiger partial charge is 0.481 e. The molecule has 8 nitrogen and oxygen atoms in total. The van der Waals surface area contributed by atoms with E-state index in [2.05, 4.69) is 15.2 Å². The summed E-state index contributed by atoms with van der Waals surface area (Å²) < 4.78 is 5.94. The van der Waals surface area contributed by atoms with Gasteiger partial charge < -0.3 is 15.2 Å². The fourth-order valence-corrected chi connectivity index (χ4v) is 1.36. The third kappa shape index (κ3) is 4.78. The summed E-state index contributed by atoms with van der Waals surface area (Å²) in [6.45, 7) is 1.76. The quantitative estimate of drug-likeness (QED) is 0.655. The molecule has 104 valence electrons. The van der Waals surface area contributed by atoms with Crippen molar-refractivity contribution < 1.29 is 24.2 Å². The second-order valence-electron chi connectivity index (χ2n) is 3.57. The summed E-state index contributed by atoms with van der Waals surface area (Å²) in [6, 6.07) is 1.45. The van der Waals surface area contributed by atoms with Crippen LogP contribution < -0.4 is 5.32 Å². The number of nitrogens with zero attached hydrogens (tertiary/aromatic N) is 2. The predicted octanol–water partition coefficient (Wildman–Crippen LogP) is -0.349. The van der Waals surface area contributed by atoms with Crippen LogP contribution in [0.15, 0.2) is 12.3 Å². The van der Waals surface area contributed by atoms with E-state index in [0.29, 0.717) is 0 Å². The molecular formula is C11H15N3O5. The Balaban J connectivity index is 2.55. The second kappa shape index (κ2) is 7.14. The Morgan fingerprint density at radius 1 is 1.47 bits per heavy atom. The lowest BCUT2D eigenvalue weighted by atomic mass is 10.3. The Bertz CT molecular complexity index is 469. The minimum Gasteiger partial charge on any atom is -0.481 e. The molecule has 1 aromatic rings. The number of ether oxygens (including phenoxy) is 1. The number of carboxylic acid groups (broad SMARTS) is 1. The van der Waals surface area contributed by atoms with Crippen LogP contribution in [0.4, 0.5) is 0 Å². The zero-order valence-corrected chi connectivity index (χ0v) is 10.5. The summed E-state index contributed by atoms with van der Waals surface area (Å²) in [7, 11) is 0. The van der Waals surface area contributed by atoms with Crippen molar-refractivity contribution in [1.29, 1.82) is 0 Å². The molecule has 0 unspecified atom stereocenters. The highest BCUT2D eigenvalue weighted by Gasteiger charge is 2.14. The Morgan fingerprint density at radius 3 is 2.84 bits per heavy atom. The summed E-state index contributed by atoms with van der Waals surface area (Å²) in [5.74, 6) is -2.02. The van der Waals surface area contributed by atoms with Gasteiger partial charge >= 0.3 is 11.9 Å². The maximum Gasteiger partial charge on any atom is 0.325 e. The van der Waals surface area contributed by atoms with E-state index in [4.69, 9.17) is 5.11 Å². The topological polar surface area (TPSA) is 111 Å². The molecule has 0 bridgehead atoms. The summed E-state index contributed by atoms with van der Waals surface area (Å²) in [5, 5.41) is 14.8. The van der Waals surface area contributed by atoms with Gasteiger partial charge in [0, 0.05) is 6.20 Å². The van der Waals surface area contributed by atoms with Crippen LogP contribution in [-0.4, -0.2) is 45.9 Å². The number of carbonyl (C=O) groups is 3. The Morgan fingerprint density at radius 2 is 2.21 bits per heavy atom. The lowest BCUT2D eigenvalue weighted by Crippen LogP contribution is -2.32. The Kier molecular flexibility index (Phi) is 5.52. The molecule has 0 saturated carbocycles. The first-order chi connectivity index (χ1) is 9.04. The van der Waals surface area contributed by atoms with Crippen LogP contribution in [0.3, 0.4) is 0 Å². The van der Waals surface area contributed by atoms with Gasteiger partial charge in [-0.3, -0.25) is 19.1 Å². The van der Waals surface area contributed by atoms with Gasteiger partial charge in [-0.2, -0.15) is 5.10 Å². The molecule has 0 aliphatic carbocycles. The molecule has 1 aromatic heterocycles. The highest BCUT2D eigenvalue weighted by Crippen LogP contribution is 2.00. The van der Waals surface area contributed by atoms with E-state index >= 15 is 0 Å². The maximum absolute atomic E-state index is 11.8. The molecule has 1 amide bonds. The summed E-state index contributed by atoms with van der Waals surface area (Å²) in [4.78, 5) is 33.3. The van der Waals surface area contributed by atoms with Gasteiger partial charge in [-0.25, -0.2) is 0 Å². The number of nitrogens with one attached hydrogen (secondary N) is 1. The van der Waals surface area contributed by atoms with Crippen LogP contribution in [0.25, 0.3) is 0 Å². The fraction of sp³-hybridized carbons (Fsp3) is 0.455. The van der Waals surface area contributed by atoms with E-state index in [1.165, 1.54) is 16.9 Å². The van der Waals surface area contributed by atoms with Gasteiger partial charge in [-0.05, 0) is 13.0 Å². The van der Waals surface area contributed by atoms with Crippen molar-refractivity contribution in [3.05, 3.63) is 18.0 Å². The number of carboxylic acids is 1. The average Bonchev–Trinajstić information content (AvgIpc) is 2.82. The van der Waals surface area contributed by atoms with E-state index in [0.717, 1.165) is 0 Å². The van der Waals surface area contributed by atoms with E-state index in [1.807, 2.05) is 0 Å². The number of amides is 1. The molecular weight excluding hydrogens is 254 g/mol. The van der Waals surface area contributed by atoms with Crippen molar-refractivity contribution in [3.8, 4) is 0 Å².